The Morgan fingerprint density at radius 2 is 2.28 bits per heavy atom. The van der Waals surface area contributed by atoms with Crippen LogP contribution in [0.4, 0.5) is 0 Å². The molecule has 0 unspecified atom stereocenters. The number of carbonyl (C=O) groups is 1. The van der Waals surface area contributed by atoms with Gasteiger partial charge in [0, 0.05) is 32.0 Å². The minimum absolute atomic E-state index is 0.121. The van der Waals surface area contributed by atoms with Crippen LogP contribution in [0.15, 0.2) is 18.3 Å². The van der Waals surface area contributed by atoms with E-state index in [-0.39, 0.29) is 10.9 Å². The van der Waals surface area contributed by atoms with E-state index < -0.39 is 0 Å². The quantitative estimate of drug-likeness (QED) is 0.773. The smallest absolute Gasteiger partial charge is 0.272 e. The zero-order valence-electron chi connectivity index (χ0n) is 10.5. The highest BCUT2D eigenvalue weighted by Crippen LogP contribution is 2.04. The molecule has 2 N–H and O–H groups in total. The number of methoxy groups -OCH3 is 1. The van der Waals surface area contributed by atoms with Crippen LogP contribution in [0.3, 0.4) is 0 Å². The third kappa shape index (κ3) is 3.75. The van der Waals surface area contributed by atoms with Crippen LogP contribution in [-0.4, -0.2) is 47.6 Å². The number of aromatic nitrogens is 1. The maximum atomic E-state index is 12.1. The van der Waals surface area contributed by atoms with Crippen molar-refractivity contribution in [3.8, 4) is 0 Å². The number of nitrogens with zero attached hydrogens (tertiary/aromatic N) is 2. The molecule has 0 atom stereocenters. The maximum absolute atomic E-state index is 12.1. The molecular formula is C12H17N3O2S. The highest BCUT2D eigenvalue weighted by atomic mass is 32.1. The summed E-state index contributed by atoms with van der Waals surface area (Å²) in [6, 6.07) is 3.33. The summed E-state index contributed by atoms with van der Waals surface area (Å²) in [5.41, 5.74) is 6.51. The van der Waals surface area contributed by atoms with Crippen molar-refractivity contribution in [1.82, 2.24) is 9.88 Å². The van der Waals surface area contributed by atoms with Gasteiger partial charge in [-0.1, -0.05) is 12.2 Å². The maximum Gasteiger partial charge on any atom is 0.272 e. The van der Waals surface area contributed by atoms with Gasteiger partial charge in [-0.3, -0.25) is 9.78 Å². The molecule has 1 rings (SSSR count). The highest BCUT2D eigenvalue weighted by molar-refractivity contribution is 7.80. The Kier molecular flexibility index (Phi) is 5.67. The topological polar surface area (TPSA) is 68.5 Å². The average molecular weight is 267 g/mol. The molecule has 0 spiro atoms. The SMILES string of the molecule is CCN(CCOC)C(=O)c1ccc(C(N)=S)cn1. The Bertz CT molecular complexity index is 420. The summed E-state index contributed by atoms with van der Waals surface area (Å²) < 4.78 is 4.96. The van der Waals surface area contributed by atoms with Crippen LogP contribution in [0, 0.1) is 0 Å². The molecule has 0 aromatic carbocycles. The first-order valence-electron chi connectivity index (χ1n) is 5.64. The molecule has 0 aliphatic rings. The van der Waals surface area contributed by atoms with E-state index in [0.29, 0.717) is 31.0 Å². The molecule has 0 saturated carbocycles. The Balaban J connectivity index is 2.78. The second-order valence-electron chi connectivity index (χ2n) is 3.67. The number of hydrogen-bond acceptors (Lipinski definition) is 4. The van der Waals surface area contributed by atoms with Crippen LogP contribution >= 0.6 is 12.2 Å². The molecular weight excluding hydrogens is 250 g/mol. The van der Waals surface area contributed by atoms with Crippen LogP contribution < -0.4 is 5.73 Å². The van der Waals surface area contributed by atoms with E-state index in [2.05, 4.69) is 4.98 Å². The first-order chi connectivity index (χ1) is 8.60. The third-order valence-electron chi connectivity index (χ3n) is 2.50. The zero-order chi connectivity index (χ0) is 13.5. The van der Waals surface area contributed by atoms with Crippen LogP contribution in [0.5, 0.6) is 0 Å². The predicted molar refractivity (Wildman–Crippen MR) is 73.6 cm³/mol. The van der Waals surface area contributed by atoms with Crippen molar-refractivity contribution in [2.75, 3.05) is 26.8 Å². The molecule has 0 bridgehead atoms. The second kappa shape index (κ2) is 7.03. The molecule has 0 radical (unpaired) electrons. The standard InChI is InChI=1S/C12H17N3O2S/c1-3-15(6-7-17-2)12(16)10-5-4-9(8-14-10)11(13)18/h4-5,8H,3,6-7H2,1-2H3,(H2,13,18). The van der Waals surface area contributed by atoms with Crippen LogP contribution in [0.1, 0.15) is 23.0 Å². The Morgan fingerprint density at radius 1 is 1.56 bits per heavy atom. The lowest BCUT2D eigenvalue weighted by Gasteiger charge is -2.19. The van der Waals surface area contributed by atoms with Gasteiger partial charge < -0.3 is 15.4 Å². The fraction of sp³-hybridized carbons (Fsp3) is 0.417. The summed E-state index contributed by atoms with van der Waals surface area (Å²) in [5.74, 6) is -0.121. The Morgan fingerprint density at radius 3 is 2.72 bits per heavy atom. The summed E-state index contributed by atoms with van der Waals surface area (Å²) in [6.07, 6.45) is 1.51. The van der Waals surface area contributed by atoms with Crippen molar-refractivity contribution in [3.05, 3.63) is 29.6 Å². The second-order valence-corrected chi connectivity index (χ2v) is 4.11. The van der Waals surface area contributed by atoms with Gasteiger partial charge in [0.15, 0.2) is 0 Å². The number of rotatable bonds is 6. The van der Waals surface area contributed by atoms with Crippen LogP contribution in [0.25, 0.3) is 0 Å². The van der Waals surface area contributed by atoms with E-state index in [1.807, 2.05) is 6.92 Å². The van der Waals surface area contributed by atoms with Crippen molar-refractivity contribution in [1.29, 1.82) is 0 Å². The van der Waals surface area contributed by atoms with Crippen molar-refractivity contribution < 1.29 is 9.53 Å². The molecule has 1 aromatic rings. The third-order valence-corrected chi connectivity index (χ3v) is 2.74. The van der Waals surface area contributed by atoms with E-state index in [1.165, 1.54) is 6.20 Å². The summed E-state index contributed by atoms with van der Waals surface area (Å²) in [7, 11) is 1.60. The lowest BCUT2D eigenvalue weighted by molar-refractivity contribution is 0.0700. The molecule has 1 aromatic heterocycles. The molecule has 1 heterocycles. The number of likely N-dealkylation sites (N-methyl/N-ethyl adjacent to an activating group) is 1. The van der Waals surface area contributed by atoms with Crippen molar-refractivity contribution in [2.45, 2.75) is 6.92 Å². The predicted octanol–water partition coefficient (Wildman–Crippen LogP) is 0.824. The molecule has 18 heavy (non-hydrogen) atoms. The normalized spacial score (nSPS) is 10.1. The van der Waals surface area contributed by atoms with Gasteiger partial charge in [-0.15, -0.1) is 0 Å². The largest absolute Gasteiger partial charge is 0.389 e. The van der Waals surface area contributed by atoms with Gasteiger partial charge in [0.05, 0.1) is 6.61 Å². The number of ether oxygens (including phenoxy) is 1. The molecule has 0 fully saturated rings. The molecule has 0 aliphatic carbocycles. The first-order valence-corrected chi connectivity index (χ1v) is 6.05. The summed E-state index contributed by atoms with van der Waals surface area (Å²) in [6.45, 7) is 3.58. The van der Waals surface area contributed by atoms with Crippen molar-refractivity contribution in [2.24, 2.45) is 5.73 Å². The van der Waals surface area contributed by atoms with Gasteiger partial charge in [-0.05, 0) is 19.1 Å². The van der Waals surface area contributed by atoms with Crippen LogP contribution in [-0.2, 0) is 4.74 Å². The first kappa shape index (κ1) is 14.5. The lowest BCUT2D eigenvalue weighted by atomic mass is 10.2. The molecule has 5 nitrogen and oxygen atoms in total. The zero-order valence-corrected chi connectivity index (χ0v) is 11.4. The average Bonchev–Trinajstić information content (AvgIpc) is 2.39. The lowest BCUT2D eigenvalue weighted by Crippen LogP contribution is -2.34. The minimum atomic E-state index is -0.121. The van der Waals surface area contributed by atoms with Crippen LogP contribution in [0.2, 0.25) is 0 Å². The Hall–Kier alpha value is -1.53. The minimum Gasteiger partial charge on any atom is -0.389 e. The van der Waals surface area contributed by atoms with E-state index >= 15 is 0 Å². The van der Waals surface area contributed by atoms with E-state index in [9.17, 15) is 4.79 Å². The molecule has 0 aliphatic heterocycles. The summed E-state index contributed by atoms with van der Waals surface area (Å²) in [5, 5.41) is 0. The molecule has 98 valence electrons. The van der Waals surface area contributed by atoms with Gasteiger partial charge in [-0.25, -0.2) is 0 Å². The number of carbonyl (C=O) groups excluding carboxylic acids is 1. The van der Waals surface area contributed by atoms with Gasteiger partial charge in [-0.2, -0.15) is 0 Å². The van der Waals surface area contributed by atoms with Gasteiger partial charge in [0.1, 0.15) is 10.7 Å². The molecule has 1 amide bonds. The molecule has 6 heteroatoms. The number of pyridine rings is 1. The highest BCUT2D eigenvalue weighted by Gasteiger charge is 2.15. The van der Waals surface area contributed by atoms with Gasteiger partial charge in [0.2, 0.25) is 0 Å². The fourth-order valence-electron chi connectivity index (χ4n) is 1.43. The van der Waals surface area contributed by atoms with Crippen molar-refractivity contribution >= 4 is 23.1 Å². The number of thiocarbonyl (C=S) groups is 1. The number of nitrogens with two attached hydrogens (primary N) is 1. The van der Waals surface area contributed by atoms with E-state index in [0.717, 1.165) is 0 Å². The number of amides is 1. The van der Waals surface area contributed by atoms with E-state index in [1.54, 1.807) is 24.1 Å². The van der Waals surface area contributed by atoms with Crippen molar-refractivity contribution in [3.63, 3.8) is 0 Å². The van der Waals surface area contributed by atoms with Gasteiger partial charge in [0.25, 0.3) is 5.91 Å². The van der Waals surface area contributed by atoms with Gasteiger partial charge >= 0.3 is 0 Å². The molecule has 0 saturated heterocycles. The summed E-state index contributed by atoms with van der Waals surface area (Å²) in [4.78, 5) is 18.1. The monoisotopic (exact) mass is 267 g/mol. The summed E-state index contributed by atoms with van der Waals surface area (Å²) >= 11 is 4.83. The fourth-order valence-corrected chi connectivity index (χ4v) is 1.55. The van der Waals surface area contributed by atoms with E-state index in [4.69, 9.17) is 22.7 Å². The Labute approximate surface area is 112 Å². The number of hydrogen-bond donors (Lipinski definition) is 1.